The van der Waals surface area contributed by atoms with Gasteiger partial charge in [0.15, 0.2) is 0 Å². The van der Waals surface area contributed by atoms with Gasteiger partial charge in [-0.15, -0.1) is 0 Å². The van der Waals surface area contributed by atoms with Crippen LogP contribution in [-0.4, -0.2) is 12.6 Å². The molecule has 0 radical (unpaired) electrons. The van der Waals surface area contributed by atoms with Crippen LogP contribution in [-0.2, 0) is 6.42 Å². The maximum Gasteiger partial charge on any atom is 0.145 e. The molecule has 1 aliphatic rings. The Balaban J connectivity index is 2.40. The van der Waals surface area contributed by atoms with Crippen molar-refractivity contribution in [2.24, 2.45) is 0 Å². The zero-order valence-electron chi connectivity index (χ0n) is 8.84. The zero-order valence-corrected chi connectivity index (χ0v) is 8.84. The van der Waals surface area contributed by atoms with Crippen LogP contribution in [0.5, 0.6) is 5.75 Å². The van der Waals surface area contributed by atoms with Crippen molar-refractivity contribution in [3.05, 3.63) is 23.8 Å². The minimum Gasteiger partial charge on any atom is -0.488 e. The Kier molecular flexibility index (Phi) is 2.62. The predicted octanol–water partition coefficient (Wildman–Crippen LogP) is 2.83. The summed E-state index contributed by atoms with van der Waals surface area (Å²) in [6, 6.07) is 6.31. The van der Waals surface area contributed by atoms with Gasteiger partial charge in [-0.1, -0.05) is 19.1 Å². The number of rotatable bonds is 1. The number of benzene rings is 1. The molecule has 0 saturated carbocycles. The van der Waals surface area contributed by atoms with Crippen LogP contribution in [0.1, 0.15) is 25.8 Å². The van der Waals surface area contributed by atoms with E-state index in [0.29, 0.717) is 6.10 Å². The molecule has 0 aromatic heterocycles. The summed E-state index contributed by atoms with van der Waals surface area (Å²) < 4.78 is 5.92. The smallest absolute Gasteiger partial charge is 0.145 e. The number of ether oxygens (including phenoxy) is 1. The Labute approximate surface area is 85.3 Å². The average Bonchev–Trinajstić information content (AvgIpc) is 2.38. The SMILES string of the molecule is CCc1cccc2c1OC(C)CCN2. The Morgan fingerprint density at radius 2 is 2.36 bits per heavy atom. The Hall–Kier alpha value is -1.18. The Morgan fingerprint density at radius 1 is 1.50 bits per heavy atom. The predicted molar refractivity (Wildman–Crippen MR) is 59.0 cm³/mol. The maximum atomic E-state index is 5.92. The summed E-state index contributed by atoms with van der Waals surface area (Å²) in [6.45, 7) is 5.29. The van der Waals surface area contributed by atoms with E-state index in [1.807, 2.05) is 0 Å². The normalized spacial score (nSPS) is 20.3. The molecule has 2 rings (SSSR count). The zero-order chi connectivity index (χ0) is 9.97. The number of nitrogens with one attached hydrogen (secondary N) is 1. The molecule has 1 heterocycles. The molecule has 2 nitrogen and oxygen atoms in total. The van der Waals surface area contributed by atoms with Gasteiger partial charge in [0.1, 0.15) is 5.75 Å². The van der Waals surface area contributed by atoms with Crippen LogP contribution in [0.3, 0.4) is 0 Å². The molecule has 1 aromatic carbocycles. The van der Waals surface area contributed by atoms with Crippen LogP contribution in [0, 0.1) is 0 Å². The molecule has 0 saturated heterocycles. The van der Waals surface area contributed by atoms with Gasteiger partial charge in [0.05, 0.1) is 11.8 Å². The fourth-order valence-corrected chi connectivity index (χ4v) is 1.81. The van der Waals surface area contributed by atoms with E-state index in [2.05, 4.69) is 37.4 Å². The minimum atomic E-state index is 0.316. The highest BCUT2D eigenvalue weighted by atomic mass is 16.5. The van der Waals surface area contributed by atoms with E-state index >= 15 is 0 Å². The lowest BCUT2D eigenvalue weighted by Crippen LogP contribution is -2.12. The second-order valence-corrected chi connectivity index (χ2v) is 3.79. The van der Waals surface area contributed by atoms with Gasteiger partial charge in [-0.2, -0.15) is 0 Å². The molecule has 1 unspecified atom stereocenters. The van der Waals surface area contributed by atoms with Crippen LogP contribution in [0.4, 0.5) is 5.69 Å². The van der Waals surface area contributed by atoms with E-state index in [1.165, 1.54) is 5.56 Å². The molecule has 2 heteroatoms. The first-order valence-electron chi connectivity index (χ1n) is 5.33. The van der Waals surface area contributed by atoms with Gasteiger partial charge in [-0.3, -0.25) is 0 Å². The molecule has 0 amide bonds. The summed E-state index contributed by atoms with van der Waals surface area (Å²) in [7, 11) is 0. The van der Waals surface area contributed by atoms with E-state index in [-0.39, 0.29) is 0 Å². The number of fused-ring (bicyclic) bond motifs is 1. The number of hydrogen-bond donors (Lipinski definition) is 1. The fourth-order valence-electron chi connectivity index (χ4n) is 1.81. The van der Waals surface area contributed by atoms with Crippen molar-refractivity contribution in [2.75, 3.05) is 11.9 Å². The fraction of sp³-hybridized carbons (Fsp3) is 0.500. The van der Waals surface area contributed by atoms with E-state index < -0.39 is 0 Å². The average molecular weight is 191 g/mol. The van der Waals surface area contributed by atoms with Crippen molar-refractivity contribution in [1.29, 1.82) is 0 Å². The van der Waals surface area contributed by atoms with Crippen molar-refractivity contribution >= 4 is 5.69 Å². The van der Waals surface area contributed by atoms with E-state index in [9.17, 15) is 0 Å². The largest absolute Gasteiger partial charge is 0.488 e. The van der Waals surface area contributed by atoms with Crippen LogP contribution in [0.15, 0.2) is 18.2 Å². The van der Waals surface area contributed by atoms with Gasteiger partial charge in [0.2, 0.25) is 0 Å². The van der Waals surface area contributed by atoms with Crippen LogP contribution in [0.25, 0.3) is 0 Å². The lowest BCUT2D eigenvalue weighted by molar-refractivity contribution is 0.220. The van der Waals surface area contributed by atoms with Crippen LogP contribution < -0.4 is 10.1 Å². The summed E-state index contributed by atoms with van der Waals surface area (Å²) >= 11 is 0. The molecule has 1 N–H and O–H groups in total. The van der Waals surface area contributed by atoms with Crippen molar-refractivity contribution in [1.82, 2.24) is 0 Å². The van der Waals surface area contributed by atoms with Crippen molar-refractivity contribution < 1.29 is 4.74 Å². The third-order valence-corrected chi connectivity index (χ3v) is 2.66. The molecule has 76 valence electrons. The standard InChI is InChI=1S/C12H17NO/c1-3-10-5-4-6-11-12(10)14-9(2)7-8-13-11/h4-6,9,13H,3,7-8H2,1-2H3. The molecule has 0 fully saturated rings. The molecule has 0 aliphatic carbocycles. The topological polar surface area (TPSA) is 21.3 Å². The Bertz CT molecular complexity index is 322. The lowest BCUT2D eigenvalue weighted by atomic mass is 10.1. The minimum absolute atomic E-state index is 0.316. The first kappa shape index (κ1) is 9.38. The van der Waals surface area contributed by atoms with E-state index in [1.54, 1.807) is 0 Å². The summed E-state index contributed by atoms with van der Waals surface area (Å²) in [5, 5.41) is 3.41. The molecule has 0 bridgehead atoms. The summed E-state index contributed by atoms with van der Waals surface area (Å²) in [5.41, 5.74) is 2.44. The summed E-state index contributed by atoms with van der Waals surface area (Å²) in [5.74, 6) is 1.06. The Morgan fingerprint density at radius 3 is 3.14 bits per heavy atom. The van der Waals surface area contributed by atoms with E-state index in [4.69, 9.17) is 4.74 Å². The third kappa shape index (κ3) is 1.69. The molecule has 1 aromatic rings. The van der Waals surface area contributed by atoms with Crippen molar-refractivity contribution in [3.8, 4) is 5.75 Å². The number of aryl methyl sites for hydroxylation is 1. The maximum absolute atomic E-state index is 5.92. The molecule has 0 spiro atoms. The molecular formula is C12H17NO. The highest BCUT2D eigenvalue weighted by Crippen LogP contribution is 2.32. The van der Waals surface area contributed by atoms with Gasteiger partial charge in [0, 0.05) is 13.0 Å². The van der Waals surface area contributed by atoms with Gasteiger partial charge >= 0.3 is 0 Å². The van der Waals surface area contributed by atoms with Gasteiger partial charge in [0.25, 0.3) is 0 Å². The molecule has 1 aliphatic heterocycles. The van der Waals surface area contributed by atoms with Gasteiger partial charge < -0.3 is 10.1 Å². The first-order chi connectivity index (χ1) is 6.81. The quantitative estimate of drug-likeness (QED) is 0.737. The second-order valence-electron chi connectivity index (χ2n) is 3.79. The molecule has 14 heavy (non-hydrogen) atoms. The number of anilines is 1. The van der Waals surface area contributed by atoms with Crippen molar-refractivity contribution in [3.63, 3.8) is 0 Å². The first-order valence-corrected chi connectivity index (χ1v) is 5.33. The third-order valence-electron chi connectivity index (χ3n) is 2.66. The number of hydrogen-bond acceptors (Lipinski definition) is 2. The van der Waals surface area contributed by atoms with Crippen LogP contribution in [0.2, 0.25) is 0 Å². The second kappa shape index (κ2) is 3.91. The van der Waals surface area contributed by atoms with Gasteiger partial charge in [-0.05, 0) is 25.0 Å². The van der Waals surface area contributed by atoms with Gasteiger partial charge in [-0.25, -0.2) is 0 Å². The highest BCUT2D eigenvalue weighted by Gasteiger charge is 2.15. The summed E-state index contributed by atoms with van der Waals surface area (Å²) in [4.78, 5) is 0. The molecule has 1 atom stereocenters. The van der Waals surface area contributed by atoms with Crippen molar-refractivity contribution in [2.45, 2.75) is 32.8 Å². The number of para-hydroxylation sites is 1. The summed E-state index contributed by atoms with van der Waals surface area (Å²) in [6.07, 6.45) is 2.41. The molecular weight excluding hydrogens is 174 g/mol. The van der Waals surface area contributed by atoms with Crippen LogP contribution >= 0.6 is 0 Å². The lowest BCUT2D eigenvalue weighted by Gasteiger charge is -2.15. The van der Waals surface area contributed by atoms with E-state index in [0.717, 1.165) is 30.8 Å². The highest BCUT2D eigenvalue weighted by molar-refractivity contribution is 5.60. The monoisotopic (exact) mass is 191 g/mol.